The van der Waals surface area contributed by atoms with Crippen LogP contribution in [0.4, 0.5) is 0 Å². The molecule has 0 unspecified atom stereocenters. The van der Waals surface area contributed by atoms with Crippen molar-refractivity contribution in [3.63, 3.8) is 0 Å². The number of ether oxygens (including phenoxy) is 1. The van der Waals surface area contributed by atoms with Crippen LogP contribution in [0.15, 0.2) is 0 Å². The van der Waals surface area contributed by atoms with E-state index in [1.807, 2.05) is 0 Å². The predicted octanol–water partition coefficient (Wildman–Crippen LogP) is 0.829. The molecule has 1 aliphatic rings. The maximum absolute atomic E-state index is 9.07. The van der Waals surface area contributed by atoms with E-state index in [1.165, 1.54) is 4.70 Å². The highest BCUT2D eigenvalue weighted by molar-refractivity contribution is 4.59. The Balaban J connectivity index is 2.31. The number of methoxy groups -OCH3 is 1. The van der Waals surface area contributed by atoms with E-state index in [2.05, 4.69) is 0 Å². The van der Waals surface area contributed by atoms with Crippen molar-refractivity contribution in [2.45, 2.75) is 18.9 Å². The Hall–Kier alpha value is -0.440. The summed E-state index contributed by atoms with van der Waals surface area (Å²) in [6, 6.07) is 0.245. The third kappa shape index (κ3) is 1.48. The van der Waals surface area contributed by atoms with Crippen LogP contribution in [-0.2, 0) is 4.74 Å². The van der Waals surface area contributed by atoms with Crippen molar-refractivity contribution < 1.29 is 9.43 Å². The van der Waals surface area contributed by atoms with Crippen LogP contribution in [-0.4, -0.2) is 31.0 Å². The smallest absolute Gasteiger partial charge is 0.164 e. The molecule has 0 aromatic rings. The largest absolute Gasteiger partial charge is 0.506 e. The first-order valence-electron chi connectivity index (χ1n) is 3.29. The monoisotopic (exact) mass is 128 g/mol. The fraction of sp³-hybridized carbons (Fsp3) is 1.00. The quantitative estimate of drug-likeness (QED) is 0.507. The Morgan fingerprint density at radius 2 is 2.56 bits per heavy atom. The van der Waals surface area contributed by atoms with E-state index in [9.17, 15) is 0 Å². The second-order valence-corrected chi connectivity index (χ2v) is 2.41. The molecule has 0 N–H and O–H groups in total. The topological polar surface area (TPSA) is 34.5 Å². The molecule has 52 valence electrons. The van der Waals surface area contributed by atoms with E-state index in [-0.39, 0.29) is 6.04 Å². The summed E-state index contributed by atoms with van der Waals surface area (Å²) < 4.78 is 6.26. The molecule has 9 heavy (non-hydrogen) atoms. The van der Waals surface area contributed by atoms with Gasteiger partial charge in [0.05, 0.1) is 0 Å². The number of hydrogen-bond donors (Lipinski definition) is 0. The van der Waals surface area contributed by atoms with Crippen LogP contribution in [0.5, 0.6) is 0 Å². The molecule has 0 radical (unpaired) electrons. The van der Waals surface area contributed by atoms with Gasteiger partial charge in [-0.25, -0.2) is 0 Å². The van der Waals surface area contributed by atoms with Crippen molar-refractivity contribution in [2.24, 2.45) is 0 Å². The van der Waals surface area contributed by atoms with Gasteiger partial charge in [-0.15, -0.1) is 0 Å². The molecule has 1 heterocycles. The van der Waals surface area contributed by atoms with Crippen molar-refractivity contribution in [1.82, 2.24) is 0 Å². The van der Waals surface area contributed by atoms with E-state index >= 15 is 0 Å². The lowest BCUT2D eigenvalue weighted by Crippen LogP contribution is -2.21. The standard InChI is InChI=1S/C6H12N2O/c1-9-5-6-3-2-4-8(6)7/h6H,2-5H2,1H3/t6-/m0/s1. The van der Waals surface area contributed by atoms with E-state index in [4.69, 9.17) is 10.3 Å². The van der Waals surface area contributed by atoms with Gasteiger partial charge in [0.25, 0.3) is 0 Å². The van der Waals surface area contributed by atoms with Crippen LogP contribution in [0.3, 0.4) is 0 Å². The summed E-state index contributed by atoms with van der Waals surface area (Å²) >= 11 is 0. The summed E-state index contributed by atoms with van der Waals surface area (Å²) in [4.78, 5) is 0. The van der Waals surface area contributed by atoms with Gasteiger partial charge in [-0.1, -0.05) is 0 Å². The molecule has 1 aliphatic heterocycles. The molecule has 1 saturated heterocycles. The minimum atomic E-state index is 0.245. The van der Waals surface area contributed by atoms with Crippen molar-refractivity contribution in [3.8, 4) is 0 Å². The van der Waals surface area contributed by atoms with Crippen LogP contribution in [0, 0.1) is 0 Å². The molecule has 3 heteroatoms. The van der Waals surface area contributed by atoms with E-state index in [1.54, 1.807) is 7.11 Å². The highest BCUT2D eigenvalue weighted by atomic mass is 16.5. The SMILES string of the molecule is COC[C@@H]1CCC[N+]1=[N-]. The van der Waals surface area contributed by atoms with Crippen LogP contribution in [0.2, 0.25) is 0 Å². The first kappa shape index (κ1) is 6.68. The summed E-state index contributed by atoms with van der Waals surface area (Å²) in [7, 11) is 1.66. The molecule has 0 aliphatic carbocycles. The lowest BCUT2D eigenvalue weighted by Gasteiger charge is -2.07. The Labute approximate surface area is 55.1 Å². The Morgan fingerprint density at radius 1 is 1.78 bits per heavy atom. The number of nitrogens with zero attached hydrogens (tertiary/aromatic N) is 2. The predicted molar refractivity (Wildman–Crippen MR) is 33.4 cm³/mol. The van der Waals surface area contributed by atoms with Crippen molar-refractivity contribution >= 4 is 0 Å². The van der Waals surface area contributed by atoms with Gasteiger partial charge < -0.3 is 15.0 Å². The third-order valence-electron chi connectivity index (χ3n) is 1.71. The highest BCUT2D eigenvalue weighted by Gasteiger charge is 2.22. The third-order valence-corrected chi connectivity index (χ3v) is 1.71. The van der Waals surface area contributed by atoms with Crippen molar-refractivity contribution in [3.05, 3.63) is 5.53 Å². The molecule has 0 aromatic carbocycles. The van der Waals surface area contributed by atoms with Crippen LogP contribution >= 0.6 is 0 Å². The summed E-state index contributed by atoms with van der Waals surface area (Å²) in [6.45, 7) is 1.45. The zero-order valence-corrected chi connectivity index (χ0v) is 5.71. The van der Waals surface area contributed by atoms with Crippen molar-refractivity contribution in [1.29, 1.82) is 0 Å². The fourth-order valence-corrected chi connectivity index (χ4v) is 1.18. The summed E-state index contributed by atoms with van der Waals surface area (Å²) in [5.41, 5.74) is 9.07. The van der Waals surface area contributed by atoms with Gasteiger partial charge in [-0.3, -0.25) is 0 Å². The summed E-state index contributed by atoms with van der Waals surface area (Å²) in [5, 5.41) is 0. The molecular weight excluding hydrogens is 116 g/mol. The Kier molecular flexibility index (Phi) is 2.16. The average molecular weight is 128 g/mol. The van der Waals surface area contributed by atoms with Gasteiger partial charge in [-0.05, 0) is 0 Å². The summed E-state index contributed by atoms with van der Waals surface area (Å²) in [6.07, 6.45) is 2.15. The van der Waals surface area contributed by atoms with Gasteiger partial charge in [-0.2, -0.15) is 0 Å². The molecule has 1 rings (SSSR count). The average Bonchev–Trinajstić information content (AvgIpc) is 2.18. The zero-order chi connectivity index (χ0) is 6.69. The van der Waals surface area contributed by atoms with Crippen LogP contribution in [0.1, 0.15) is 12.8 Å². The molecule has 1 fully saturated rings. The maximum atomic E-state index is 9.07. The Bertz CT molecular complexity index is 114. The van der Waals surface area contributed by atoms with E-state index in [0.29, 0.717) is 6.61 Å². The van der Waals surface area contributed by atoms with Gasteiger partial charge in [0, 0.05) is 20.0 Å². The zero-order valence-electron chi connectivity index (χ0n) is 5.71. The van der Waals surface area contributed by atoms with Crippen LogP contribution < -0.4 is 0 Å². The van der Waals surface area contributed by atoms with Gasteiger partial charge in [0.2, 0.25) is 0 Å². The molecule has 0 aromatic heterocycles. The molecular formula is C6H12N2O. The number of rotatable bonds is 2. The van der Waals surface area contributed by atoms with E-state index in [0.717, 1.165) is 19.4 Å². The molecule has 0 bridgehead atoms. The molecule has 0 saturated carbocycles. The minimum absolute atomic E-state index is 0.245. The van der Waals surface area contributed by atoms with Crippen molar-refractivity contribution in [2.75, 3.05) is 20.3 Å². The minimum Gasteiger partial charge on any atom is -0.506 e. The second-order valence-electron chi connectivity index (χ2n) is 2.41. The highest BCUT2D eigenvalue weighted by Crippen LogP contribution is 2.11. The second kappa shape index (κ2) is 2.92. The fourth-order valence-electron chi connectivity index (χ4n) is 1.18. The summed E-state index contributed by atoms with van der Waals surface area (Å²) in [5.74, 6) is 0. The molecule has 0 amide bonds. The Morgan fingerprint density at radius 3 is 3.00 bits per heavy atom. The van der Waals surface area contributed by atoms with Gasteiger partial charge in [0.1, 0.15) is 13.2 Å². The lowest BCUT2D eigenvalue weighted by molar-refractivity contribution is -0.567. The van der Waals surface area contributed by atoms with E-state index < -0.39 is 0 Å². The van der Waals surface area contributed by atoms with Gasteiger partial charge in [0.15, 0.2) is 6.04 Å². The molecule has 3 nitrogen and oxygen atoms in total. The first-order valence-corrected chi connectivity index (χ1v) is 3.29. The molecule has 0 spiro atoms. The maximum Gasteiger partial charge on any atom is 0.164 e. The number of hydrogen-bond acceptors (Lipinski definition) is 1. The molecule has 1 atom stereocenters. The first-order chi connectivity index (χ1) is 4.34. The van der Waals surface area contributed by atoms with Crippen LogP contribution in [0.25, 0.3) is 5.53 Å². The normalized spacial score (nSPS) is 27.2. The lowest BCUT2D eigenvalue weighted by atomic mass is 10.2. The van der Waals surface area contributed by atoms with Gasteiger partial charge >= 0.3 is 0 Å².